The maximum absolute atomic E-state index is 12.6. The Morgan fingerprint density at radius 3 is 2.60 bits per heavy atom. The van der Waals surface area contributed by atoms with Gasteiger partial charge in [-0.25, -0.2) is 0 Å². The maximum Gasteiger partial charge on any atom is 0.310 e. The molecule has 1 saturated heterocycles. The van der Waals surface area contributed by atoms with E-state index in [9.17, 15) is 9.59 Å². The summed E-state index contributed by atoms with van der Waals surface area (Å²) in [5.74, 6) is -1.61. The fourth-order valence-electron chi connectivity index (χ4n) is 3.51. The number of hydrogen-bond acceptors (Lipinski definition) is 5. The first-order chi connectivity index (χ1) is 12.0. The first kappa shape index (κ1) is 17.9. The van der Waals surface area contributed by atoms with Gasteiger partial charge in [0.15, 0.2) is 0 Å². The van der Waals surface area contributed by atoms with Crippen molar-refractivity contribution in [1.29, 1.82) is 0 Å². The molecular weight excluding hydrogens is 320 g/mol. The molecule has 3 rings (SSSR count). The van der Waals surface area contributed by atoms with Crippen molar-refractivity contribution in [1.82, 2.24) is 0 Å². The van der Waals surface area contributed by atoms with Crippen LogP contribution in [0.4, 0.5) is 0 Å². The monoisotopic (exact) mass is 346 g/mol. The lowest BCUT2D eigenvalue weighted by Gasteiger charge is -2.29. The van der Waals surface area contributed by atoms with Crippen LogP contribution in [-0.4, -0.2) is 30.3 Å². The molecule has 1 aromatic rings. The predicted octanol–water partition coefficient (Wildman–Crippen LogP) is 3.26. The standard InChI is InChI=1S/C20H26O5/c1-3-4-10-23-19(22)16-12-20(2)17(25-20)11-15(16)18(21)24-13-14-8-6-5-7-9-14/h5-9,15-17H,3-4,10-13H2,1-2H3. The van der Waals surface area contributed by atoms with Crippen LogP contribution in [0.25, 0.3) is 0 Å². The molecule has 4 atom stereocenters. The Kier molecular flexibility index (Phi) is 5.42. The molecule has 0 N–H and O–H groups in total. The number of benzene rings is 1. The first-order valence-corrected chi connectivity index (χ1v) is 9.08. The summed E-state index contributed by atoms with van der Waals surface area (Å²) in [5, 5.41) is 0. The fourth-order valence-corrected chi connectivity index (χ4v) is 3.51. The van der Waals surface area contributed by atoms with Crippen molar-refractivity contribution in [2.45, 2.75) is 57.8 Å². The number of esters is 2. The van der Waals surface area contributed by atoms with Crippen LogP contribution in [0.3, 0.4) is 0 Å². The Hall–Kier alpha value is -1.88. The van der Waals surface area contributed by atoms with Crippen molar-refractivity contribution in [3.8, 4) is 0 Å². The van der Waals surface area contributed by atoms with Crippen LogP contribution in [-0.2, 0) is 30.4 Å². The van der Waals surface area contributed by atoms with Crippen LogP contribution >= 0.6 is 0 Å². The van der Waals surface area contributed by atoms with E-state index >= 15 is 0 Å². The van der Waals surface area contributed by atoms with E-state index in [2.05, 4.69) is 0 Å². The quantitative estimate of drug-likeness (QED) is 0.431. The van der Waals surface area contributed by atoms with Gasteiger partial charge >= 0.3 is 11.9 Å². The van der Waals surface area contributed by atoms with Crippen LogP contribution in [0.15, 0.2) is 30.3 Å². The number of carbonyl (C=O) groups is 2. The molecule has 0 radical (unpaired) electrons. The molecular formula is C20H26O5. The molecule has 0 aromatic heterocycles. The minimum absolute atomic E-state index is 0.0430. The molecule has 5 nitrogen and oxygen atoms in total. The summed E-state index contributed by atoms with van der Waals surface area (Å²) in [4.78, 5) is 25.1. The maximum atomic E-state index is 12.6. The molecule has 0 bridgehead atoms. The van der Waals surface area contributed by atoms with Gasteiger partial charge in [0.25, 0.3) is 0 Å². The first-order valence-electron chi connectivity index (χ1n) is 9.08. The van der Waals surface area contributed by atoms with E-state index in [0.29, 0.717) is 19.4 Å². The molecule has 1 aromatic carbocycles. The van der Waals surface area contributed by atoms with E-state index in [4.69, 9.17) is 14.2 Å². The minimum Gasteiger partial charge on any atom is -0.465 e. The SMILES string of the molecule is CCCCOC(=O)C1CC2(C)OC2CC1C(=O)OCc1ccccc1. The average Bonchev–Trinajstić information content (AvgIpc) is 3.29. The number of epoxide rings is 1. The van der Waals surface area contributed by atoms with E-state index in [0.717, 1.165) is 18.4 Å². The third-order valence-electron chi connectivity index (χ3n) is 5.19. The highest BCUT2D eigenvalue weighted by Gasteiger charge is 2.61. The summed E-state index contributed by atoms with van der Waals surface area (Å²) in [5.41, 5.74) is 0.645. The van der Waals surface area contributed by atoms with Gasteiger partial charge in [0.05, 0.1) is 30.1 Å². The van der Waals surface area contributed by atoms with Crippen molar-refractivity contribution >= 4 is 11.9 Å². The molecule has 4 unspecified atom stereocenters. The highest BCUT2D eigenvalue weighted by Crippen LogP contribution is 2.52. The molecule has 25 heavy (non-hydrogen) atoms. The third kappa shape index (κ3) is 4.21. The topological polar surface area (TPSA) is 65.1 Å². The Labute approximate surface area is 148 Å². The van der Waals surface area contributed by atoms with Crippen molar-refractivity contribution in [2.24, 2.45) is 11.8 Å². The Bertz CT molecular complexity index is 614. The van der Waals surface area contributed by atoms with Gasteiger partial charge in [-0.3, -0.25) is 9.59 Å². The molecule has 2 aliphatic rings. The molecule has 1 aliphatic heterocycles. The number of hydrogen-bond donors (Lipinski definition) is 0. The molecule has 1 aliphatic carbocycles. The number of rotatable bonds is 7. The molecule has 2 fully saturated rings. The summed E-state index contributed by atoms with van der Waals surface area (Å²) >= 11 is 0. The zero-order valence-electron chi connectivity index (χ0n) is 14.9. The summed E-state index contributed by atoms with van der Waals surface area (Å²) in [6.07, 6.45) is 2.88. The van der Waals surface area contributed by atoms with Crippen molar-refractivity contribution in [3.63, 3.8) is 0 Å². The van der Waals surface area contributed by atoms with E-state index in [-0.39, 0.29) is 30.3 Å². The molecule has 1 saturated carbocycles. The molecule has 5 heteroatoms. The zero-order chi connectivity index (χ0) is 17.9. The predicted molar refractivity (Wildman–Crippen MR) is 91.6 cm³/mol. The van der Waals surface area contributed by atoms with Gasteiger partial charge in [0.1, 0.15) is 6.61 Å². The number of carbonyl (C=O) groups excluding carboxylic acids is 2. The Balaban J connectivity index is 1.61. The third-order valence-corrected chi connectivity index (χ3v) is 5.19. The second kappa shape index (κ2) is 7.56. The van der Waals surface area contributed by atoms with Crippen LogP contribution in [0.5, 0.6) is 0 Å². The van der Waals surface area contributed by atoms with Gasteiger partial charge < -0.3 is 14.2 Å². The van der Waals surface area contributed by atoms with Crippen LogP contribution < -0.4 is 0 Å². The van der Waals surface area contributed by atoms with Crippen LogP contribution in [0.2, 0.25) is 0 Å². The second-order valence-electron chi connectivity index (χ2n) is 7.19. The van der Waals surface area contributed by atoms with Crippen LogP contribution in [0, 0.1) is 11.8 Å². The summed E-state index contributed by atoms with van der Waals surface area (Å²) in [6, 6.07) is 9.54. The van der Waals surface area contributed by atoms with Crippen molar-refractivity contribution < 1.29 is 23.8 Å². The Morgan fingerprint density at radius 2 is 1.88 bits per heavy atom. The van der Waals surface area contributed by atoms with Crippen molar-refractivity contribution in [3.05, 3.63) is 35.9 Å². The van der Waals surface area contributed by atoms with E-state index in [1.54, 1.807) is 0 Å². The van der Waals surface area contributed by atoms with Gasteiger partial charge in [-0.15, -0.1) is 0 Å². The van der Waals surface area contributed by atoms with E-state index < -0.39 is 11.8 Å². The summed E-state index contributed by atoms with van der Waals surface area (Å²) in [7, 11) is 0. The van der Waals surface area contributed by atoms with E-state index in [1.165, 1.54) is 0 Å². The molecule has 1 heterocycles. The second-order valence-corrected chi connectivity index (χ2v) is 7.19. The Morgan fingerprint density at radius 1 is 1.16 bits per heavy atom. The van der Waals surface area contributed by atoms with Gasteiger partial charge in [-0.2, -0.15) is 0 Å². The number of ether oxygens (including phenoxy) is 3. The summed E-state index contributed by atoms with van der Waals surface area (Å²) < 4.78 is 16.5. The molecule has 0 spiro atoms. The highest BCUT2D eigenvalue weighted by atomic mass is 16.6. The van der Waals surface area contributed by atoms with Gasteiger partial charge in [-0.1, -0.05) is 43.7 Å². The number of unbranched alkanes of at least 4 members (excludes halogenated alkanes) is 1. The van der Waals surface area contributed by atoms with Gasteiger partial charge in [-0.05, 0) is 31.7 Å². The lowest BCUT2D eigenvalue weighted by molar-refractivity contribution is -0.163. The summed E-state index contributed by atoms with van der Waals surface area (Å²) in [6.45, 7) is 4.66. The largest absolute Gasteiger partial charge is 0.465 e. The van der Waals surface area contributed by atoms with Gasteiger partial charge in [0.2, 0.25) is 0 Å². The lowest BCUT2D eigenvalue weighted by Crippen LogP contribution is -2.40. The van der Waals surface area contributed by atoms with Gasteiger partial charge in [0, 0.05) is 0 Å². The minimum atomic E-state index is -0.488. The van der Waals surface area contributed by atoms with Crippen molar-refractivity contribution in [2.75, 3.05) is 6.61 Å². The van der Waals surface area contributed by atoms with Crippen LogP contribution in [0.1, 0.15) is 45.1 Å². The smallest absolute Gasteiger partial charge is 0.310 e. The lowest BCUT2D eigenvalue weighted by atomic mass is 9.74. The highest BCUT2D eigenvalue weighted by molar-refractivity contribution is 5.83. The zero-order valence-corrected chi connectivity index (χ0v) is 14.9. The average molecular weight is 346 g/mol. The normalized spacial score (nSPS) is 30.2. The molecule has 136 valence electrons. The van der Waals surface area contributed by atoms with E-state index in [1.807, 2.05) is 44.2 Å². The molecule has 0 amide bonds. The fraction of sp³-hybridized carbons (Fsp3) is 0.600. The number of fused-ring (bicyclic) bond motifs is 1.